The van der Waals surface area contributed by atoms with Crippen LogP contribution in [0.3, 0.4) is 0 Å². The van der Waals surface area contributed by atoms with Crippen LogP contribution in [0.4, 0.5) is 11.4 Å². The quantitative estimate of drug-likeness (QED) is 0.290. The van der Waals surface area contributed by atoms with E-state index < -0.39 is 21.2 Å². The Labute approximate surface area is 188 Å². The number of ether oxygens (including phenoxy) is 1. The van der Waals surface area contributed by atoms with Gasteiger partial charge in [0.25, 0.3) is 5.69 Å². The van der Waals surface area contributed by atoms with E-state index in [1.165, 1.54) is 17.8 Å². The lowest BCUT2D eigenvalue weighted by Gasteiger charge is -2.06. The van der Waals surface area contributed by atoms with E-state index in [2.05, 4.69) is 17.5 Å². The molecule has 33 heavy (non-hydrogen) atoms. The van der Waals surface area contributed by atoms with Crippen molar-refractivity contribution in [1.82, 2.24) is 5.43 Å². The Morgan fingerprint density at radius 2 is 1.64 bits per heavy atom. The van der Waals surface area contributed by atoms with Crippen molar-refractivity contribution in [3.8, 4) is 11.5 Å². The molecule has 168 valence electrons. The van der Waals surface area contributed by atoms with Crippen molar-refractivity contribution >= 4 is 23.5 Å². The highest BCUT2D eigenvalue weighted by molar-refractivity contribution is 5.83. The van der Waals surface area contributed by atoms with Crippen molar-refractivity contribution in [2.45, 2.75) is 19.8 Å². The molecular weight excluding hydrogens is 428 g/mol. The summed E-state index contributed by atoms with van der Waals surface area (Å²) in [6.07, 6.45) is 2.60. The second-order valence-electron chi connectivity index (χ2n) is 6.98. The van der Waals surface area contributed by atoms with Crippen molar-refractivity contribution in [3.63, 3.8) is 0 Å². The van der Waals surface area contributed by atoms with E-state index in [0.29, 0.717) is 11.3 Å². The second-order valence-corrected chi connectivity index (χ2v) is 6.98. The number of carbonyl (C=O) groups excluding carboxylic acids is 1. The van der Waals surface area contributed by atoms with Crippen molar-refractivity contribution in [1.29, 1.82) is 0 Å². The number of nitrogens with zero attached hydrogens (tertiary/aromatic N) is 3. The molecule has 0 saturated heterocycles. The largest absolute Gasteiger partial charge is 0.450 e. The summed E-state index contributed by atoms with van der Waals surface area (Å²) in [6, 6.07) is 17.4. The summed E-state index contributed by atoms with van der Waals surface area (Å²) in [7, 11) is 0. The Morgan fingerprint density at radius 3 is 2.24 bits per heavy atom. The number of hydrogen-bond donors (Lipinski definition) is 1. The summed E-state index contributed by atoms with van der Waals surface area (Å²) in [6.45, 7) is 2.06. The molecule has 0 aliphatic rings. The number of rotatable bonds is 9. The molecular formula is C23H20N4O6. The normalized spacial score (nSPS) is 10.7. The Bertz CT molecular complexity index is 1190. The number of carbonyl (C=O) groups is 1. The summed E-state index contributed by atoms with van der Waals surface area (Å²) in [5, 5.41) is 26.0. The van der Waals surface area contributed by atoms with Crippen LogP contribution in [0.25, 0.3) is 0 Å². The molecule has 0 heterocycles. The Kier molecular flexibility index (Phi) is 7.43. The highest BCUT2D eigenvalue weighted by Crippen LogP contribution is 2.34. The molecule has 1 N–H and O–H groups in total. The van der Waals surface area contributed by atoms with Gasteiger partial charge in [-0.2, -0.15) is 5.10 Å². The standard InChI is InChI=1S/C23H20N4O6/c1-2-16-3-5-17(6-4-16)13-23(28)25-24-15-18-7-10-20(11-8-18)33-22-12-9-19(26(29)30)14-21(22)27(31)32/h3-12,14-15H,2,13H2,1H3,(H,25,28)/b24-15+. The highest BCUT2D eigenvalue weighted by atomic mass is 16.6. The van der Waals surface area contributed by atoms with Crippen LogP contribution in [0.1, 0.15) is 23.6 Å². The summed E-state index contributed by atoms with van der Waals surface area (Å²) in [5.74, 6) is -0.0733. The molecule has 0 aliphatic heterocycles. The topological polar surface area (TPSA) is 137 Å². The fraction of sp³-hybridized carbons (Fsp3) is 0.130. The molecule has 0 unspecified atom stereocenters. The third-order valence-corrected chi connectivity index (χ3v) is 4.66. The van der Waals surface area contributed by atoms with Crippen LogP contribution in [0.2, 0.25) is 0 Å². The number of hydrazone groups is 1. The molecule has 3 rings (SSSR count). The van der Waals surface area contributed by atoms with Crippen LogP contribution in [0.5, 0.6) is 11.5 Å². The van der Waals surface area contributed by atoms with Crippen LogP contribution in [0, 0.1) is 20.2 Å². The predicted molar refractivity (Wildman–Crippen MR) is 122 cm³/mol. The van der Waals surface area contributed by atoms with Gasteiger partial charge in [-0.05, 0) is 53.4 Å². The van der Waals surface area contributed by atoms with Crippen LogP contribution in [0.15, 0.2) is 71.8 Å². The van der Waals surface area contributed by atoms with Crippen molar-refractivity contribution in [2.75, 3.05) is 0 Å². The smallest absolute Gasteiger partial charge is 0.318 e. The molecule has 10 nitrogen and oxygen atoms in total. The average Bonchev–Trinajstić information content (AvgIpc) is 2.80. The van der Waals surface area contributed by atoms with Gasteiger partial charge in [0.15, 0.2) is 0 Å². The fourth-order valence-electron chi connectivity index (χ4n) is 2.89. The number of hydrogen-bond acceptors (Lipinski definition) is 7. The van der Waals surface area contributed by atoms with Gasteiger partial charge in [0.2, 0.25) is 11.7 Å². The molecule has 1 amide bonds. The number of nitro groups is 2. The van der Waals surface area contributed by atoms with E-state index in [1.807, 2.05) is 24.3 Å². The molecule has 0 spiro atoms. The van der Waals surface area contributed by atoms with Gasteiger partial charge in [-0.1, -0.05) is 31.2 Å². The van der Waals surface area contributed by atoms with Gasteiger partial charge in [0.05, 0.1) is 28.5 Å². The number of nitrogens with one attached hydrogen (secondary N) is 1. The lowest BCUT2D eigenvalue weighted by Crippen LogP contribution is -2.19. The molecule has 0 atom stereocenters. The third-order valence-electron chi connectivity index (χ3n) is 4.66. The summed E-state index contributed by atoms with van der Waals surface area (Å²) >= 11 is 0. The van der Waals surface area contributed by atoms with Gasteiger partial charge >= 0.3 is 5.69 Å². The van der Waals surface area contributed by atoms with Gasteiger partial charge in [0, 0.05) is 6.07 Å². The SMILES string of the molecule is CCc1ccc(CC(=O)N/N=C/c2ccc(Oc3ccc([N+](=O)[O-])cc3[N+](=O)[O-])cc2)cc1. The summed E-state index contributed by atoms with van der Waals surface area (Å²) < 4.78 is 5.51. The van der Waals surface area contributed by atoms with E-state index in [-0.39, 0.29) is 18.1 Å². The fourth-order valence-corrected chi connectivity index (χ4v) is 2.89. The van der Waals surface area contributed by atoms with E-state index in [9.17, 15) is 25.0 Å². The van der Waals surface area contributed by atoms with Crippen molar-refractivity contribution in [3.05, 3.63) is 104 Å². The van der Waals surface area contributed by atoms with Gasteiger partial charge < -0.3 is 4.74 Å². The van der Waals surface area contributed by atoms with E-state index in [0.717, 1.165) is 24.1 Å². The first kappa shape index (κ1) is 23.1. The molecule has 10 heteroatoms. The van der Waals surface area contributed by atoms with Crippen molar-refractivity contribution in [2.24, 2.45) is 5.10 Å². The Morgan fingerprint density at radius 1 is 0.970 bits per heavy atom. The van der Waals surface area contributed by atoms with E-state index in [1.54, 1.807) is 24.3 Å². The van der Waals surface area contributed by atoms with Crippen LogP contribution in [-0.4, -0.2) is 22.0 Å². The molecule has 0 bridgehead atoms. The predicted octanol–water partition coefficient (Wildman–Crippen LogP) is 4.55. The van der Waals surface area contributed by atoms with Crippen LogP contribution >= 0.6 is 0 Å². The minimum absolute atomic E-state index is 0.119. The van der Waals surface area contributed by atoms with E-state index in [4.69, 9.17) is 4.74 Å². The van der Waals surface area contributed by atoms with Gasteiger partial charge in [-0.15, -0.1) is 0 Å². The zero-order chi connectivity index (χ0) is 23.8. The molecule has 0 aromatic heterocycles. The summed E-state index contributed by atoms with van der Waals surface area (Å²) in [4.78, 5) is 32.6. The Balaban J connectivity index is 1.59. The maximum Gasteiger partial charge on any atom is 0.318 e. The van der Waals surface area contributed by atoms with Crippen molar-refractivity contribution < 1.29 is 19.4 Å². The van der Waals surface area contributed by atoms with Gasteiger partial charge in [0.1, 0.15) is 5.75 Å². The van der Waals surface area contributed by atoms with Gasteiger partial charge in [-0.25, -0.2) is 5.43 Å². The molecule has 0 fully saturated rings. The van der Waals surface area contributed by atoms with E-state index >= 15 is 0 Å². The molecule has 0 radical (unpaired) electrons. The maximum atomic E-state index is 12.0. The number of aryl methyl sites for hydroxylation is 1. The molecule has 3 aromatic rings. The lowest BCUT2D eigenvalue weighted by molar-refractivity contribution is -0.394. The average molecular weight is 448 g/mol. The number of non-ortho nitro benzene ring substituents is 1. The first-order valence-corrected chi connectivity index (χ1v) is 9.96. The van der Waals surface area contributed by atoms with Gasteiger partial charge in [-0.3, -0.25) is 25.0 Å². The van der Waals surface area contributed by atoms with Crippen LogP contribution in [-0.2, 0) is 17.6 Å². The zero-order valence-electron chi connectivity index (χ0n) is 17.6. The number of benzene rings is 3. The first-order chi connectivity index (χ1) is 15.9. The lowest BCUT2D eigenvalue weighted by atomic mass is 10.1. The third kappa shape index (κ3) is 6.44. The molecule has 3 aromatic carbocycles. The zero-order valence-corrected chi connectivity index (χ0v) is 17.6. The minimum atomic E-state index is -0.746. The molecule has 0 saturated carbocycles. The number of amides is 1. The summed E-state index contributed by atoms with van der Waals surface area (Å²) in [5.41, 5.74) is 4.30. The number of nitro benzene ring substituents is 2. The minimum Gasteiger partial charge on any atom is -0.450 e. The highest BCUT2D eigenvalue weighted by Gasteiger charge is 2.21. The second kappa shape index (κ2) is 10.6. The molecule has 0 aliphatic carbocycles. The monoisotopic (exact) mass is 448 g/mol. The Hall–Kier alpha value is -4.60. The maximum absolute atomic E-state index is 12.0. The van der Waals surface area contributed by atoms with Crippen LogP contribution < -0.4 is 10.2 Å². The first-order valence-electron chi connectivity index (χ1n) is 9.96.